The SMILES string of the molecule is CC(c1ccc(S(C)(=O)=O)cc1)N(C)C(=O)NCCOc1ccccc1F. The Bertz CT molecular complexity index is 885. The second-order valence-corrected chi connectivity index (χ2v) is 8.15. The molecule has 0 fully saturated rings. The Balaban J connectivity index is 1.86. The molecule has 0 saturated heterocycles. The Morgan fingerprint density at radius 1 is 1.19 bits per heavy atom. The normalized spacial score (nSPS) is 12.3. The van der Waals surface area contributed by atoms with E-state index in [1.54, 1.807) is 31.3 Å². The Labute approximate surface area is 158 Å². The number of hydrogen-bond donors (Lipinski definition) is 1. The van der Waals surface area contributed by atoms with E-state index >= 15 is 0 Å². The number of halogens is 1. The van der Waals surface area contributed by atoms with Crippen LogP contribution < -0.4 is 10.1 Å². The molecule has 6 nitrogen and oxygen atoms in total. The smallest absolute Gasteiger partial charge is 0.317 e. The summed E-state index contributed by atoms with van der Waals surface area (Å²) in [5, 5.41) is 2.70. The molecule has 0 aliphatic rings. The summed E-state index contributed by atoms with van der Waals surface area (Å²) in [6, 6.07) is 11.9. The van der Waals surface area contributed by atoms with E-state index in [4.69, 9.17) is 4.74 Å². The van der Waals surface area contributed by atoms with Crippen molar-refractivity contribution in [2.45, 2.75) is 17.9 Å². The molecule has 0 aliphatic heterocycles. The monoisotopic (exact) mass is 394 g/mol. The van der Waals surface area contributed by atoms with Gasteiger partial charge in [-0.15, -0.1) is 0 Å². The number of benzene rings is 2. The minimum absolute atomic E-state index is 0.137. The van der Waals surface area contributed by atoms with E-state index < -0.39 is 15.7 Å². The minimum Gasteiger partial charge on any atom is -0.489 e. The molecule has 2 aromatic carbocycles. The fourth-order valence-corrected chi connectivity index (χ4v) is 3.03. The number of para-hydroxylation sites is 1. The highest BCUT2D eigenvalue weighted by Gasteiger charge is 2.18. The van der Waals surface area contributed by atoms with Crippen LogP contribution in [-0.4, -0.2) is 45.8 Å². The number of rotatable bonds is 7. The summed E-state index contributed by atoms with van der Waals surface area (Å²) < 4.78 is 41.8. The molecule has 8 heteroatoms. The van der Waals surface area contributed by atoms with Gasteiger partial charge in [-0.05, 0) is 36.8 Å². The van der Waals surface area contributed by atoms with Crippen molar-refractivity contribution in [3.05, 3.63) is 59.9 Å². The lowest BCUT2D eigenvalue weighted by Crippen LogP contribution is -2.40. The van der Waals surface area contributed by atoms with Crippen LogP contribution in [-0.2, 0) is 9.84 Å². The molecule has 1 N–H and O–H groups in total. The topological polar surface area (TPSA) is 75.7 Å². The lowest BCUT2D eigenvalue weighted by molar-refractivity contribution is 0.191. The lowest BCUT2D eigenvalue weighted by Gasteiger charge is -2.25. The first kappa shape index (κ1) is 20.7. The fourth-order valence-electron chi connectivity index (χ4n) is 2.40. The second-order valence-electron chi connectivity index (χ2n) is 6.14. The summed E-state index contributed by atoms with van der Waals surface area (Å²) in [4.78, 5) is 14.0. The highest BCUT2D eigenvalue weighted by atomic mass is 32.2. The van der Waals surface area contributed by atoms with Gasteiger partial charge >= 0.3 is 6.03 Å². The van der Waals surface area contributed by atoms with Crippen LogP contribution >= 0.6 is 0 Å². The Morgan fingerprint density at radius 2 is 1.81 bits per heavy atom. The van der Waals surface area contributed by atoms with Crippen molar-refractivity contribution in [2.75, 3.05) is 26.5 Å². The zero-order chi connectivity index (χ0) is 20.0. The predicted octanol–water partition coefficient (Wildman–Crippen LogP) is 3.01. The summed E-state index contributed by atoms with van der Waals surface area (Å²) in [7, 11) is -1.62. The number of nitrogens with one attached hydrogen (secondary N) is 1. The first-order chi connectivity index (χ1) is 12.7. The first-order valence-corrected chi connectivity index (χ1v) is 10.3. The van der Waals surface area contributed by atoms with Crippen molar-refractivity contribution >= 4 is 15.9 Å². The molecule has 0 radical (unpaired) electrons. The van der Waals surface area contributed by atoms with E-state index in [9.17, 15) is 17.6 Å². The van der Waals surface area contributed by atoms with E-state index in [-0.39, 0.29) is 35.9 Å². The zero-order valence-corrected chi connectivity index (χ0v) is 16.3. The third-order valence-electron chi connectivity index (χ3n) is 4.16. The molecular formula is C19H23FN2O4S. The lowest BCUT2D eigenvalue weighted by atomic mass is 10.1. The molecule has 2 amide bonds. The van der Waals surface area contributed by atoms with Crippen LogP contribution in [0, 0.1) is 5.82 Å². The zero-order valence-electron chi connectivity index (χ0n) is 15.5. The Kier molecular flexibility index (Phi) is 6.79. The van der Waals surface area contributed by atoms with E-state index in [1.165, 1.54) is 29.2 Å². The molecule has 0 aromatic heterocycles. The molecule has 0 aliphatic carbocycles. The van der Waals surface area contributed by atoms with Crippen molar-refractivity contribution in [1.82, 2.24) is 10.2 Å². The van der Waals surface area contributed by atoms with Crippen LogP contribution in [0.4, 0.5) is 9.18 Å². The van der Waals surface area contributed by atoms with Gasteiger partial charge in [-0.2, -0.15) is 0 Å². The molecule has 2 aromatic rings. The number of amides is 2. The number of carbonyl (C=O) groups is 1. The molecule has 2 rings (SSSR count). The largest absolute Gasteiger partial charge is 0.489 e. The van der Waals surface area contributed by atoms with Crippen LogP contribution in [0.15, 0.2) is 53.4 Å². The molecule has 0 heterocycles. The van der Waals surface area contributed by atoms with Crippen molar-refractivity contribution in [2.24, 2.45) is 0 Å². The number of sulfone groups is 1. The van der Waals surface area contributed by atoms with E-state index in [0.717, 1.165) is 11.8 Å². The average Bonchev–Trinajstić information content (AvgIpc) is 2.64. The van der Waals surface area contributed by atoms with Crippen LogP contribution in [0.1, 0.15) is 18.5 Å². The molecule has 0 spiro atoms. The number of ether oxygens (including phenoxy) is 1. The number of nitrogens with zero attached hydrogens (tertiary/aromatic N) is 1. The van der Waals surface area contributed by atoms with Gasteiger partial charge in [-0.25, -0.2) is 17.6 Å². The minimum atomic E-state index is -3.26. The van der Waals surface area contributed by atoms with Gasteiger partial charge < -0.3 is 15.0 Å². The maximum atomic E-state index is 13.4. The standard InChI is InChI=1S/C19H23FN2O4S/c1-14(15-8-10-16(11-9-15)27(3,24)25)22(2)19(23)21-12-13-26-18-7-5-4-6-17(18)20/h4-11,14H,12-13H2,1-3H3,(H,21,23). The molecule has 1 unspecified atom stereocenters. The highest BCUT2D eigenvalue weighted by molar-refractivity contribution is 7.90. The Hall–Kier alpha value is -2.61. The van der Waals surface area contributed by atoms with E-state index in [2.05, 4.69) is 5.32 Å². The summed E-state index contributed by atoms with van der Waals surface area (Å²) in [5.74, 6) is -0.313. The number of carbonyl (C=O) groups excluding carboxylic acids is 1. The second kappa shape index (κ2) is 8.85. The summed E-state index contributed by atoms with van der Waals surface area (Å²) in [6.07, 6.45) is 1.15. The van der Waals surface area contributed by atoms with Gasteiger partial charge in [-0.1, -0.05) is 24.3 Å². The summed E-state index contributed by atoms with van der Waals surface area (Å²) >= 11 is 0. The van der Waals surface area contributed by atoms with Crippen molar-refractivity contribution < 1.29 is 22.3 Å². The van der Waals surface area contributed by atoms with Crippen molar-refractivity contribution in [3.63, 3.8) is 0 Å². The molecular weight excluding hydrogens is 371 g/mol. The van der Waals surface area contributed by atoms with Gasteiger partial charge in [0.05, 0.1) is 17.5 Å². The van der Waals surface area contributed by atoms with E-state index in [0.29, 0.717) is 0 Å². The third kappa shape index (κ3) is 5.68. The van der Waals surface area contributed by atoms with Crippen LogP contribution in [0.25, 0.3) is 0 Å². The number of urea groups is 1. The van der Waals surface area contributed by atoms with Gasteiger partial charge in [0.1, 0.15) is 6.61 Å². The van der Waals surface area contributed by atoms with Gasteiger partial charge in [0.25, 0.3) is 0 Å². The molecule has 146 valence electrons. The van der Waals surface area contributed by atoms with Gasteiger partial charge in [0.15, 0.2) is 21.4 Å². The third-order valence-corrected chi connectivity index (χ3v) is 5.29. The van der Waals surface area contributed by atoms with Crippen LogP contribution in [0.2, 0.25) is 0 Å². The molecule has 0 bridgehead atoms. The molecule has 27 heavy (non-hydrogen) atoms. The number of hydrogen-bond acceptors (Lipinski definition) is 4. The Morgan fingerprint density at radius 3 is 2.41 bits per heavy atom. The highest BCUT2D eigenvalue weighted by Crippen LogP contribution is 2.21. The predicted molar refractivity (Wildman–Crippen MR) is 101 cm³/mol. The van der Waals surface area contributed by atoms with Crippen LogP contribution in [0.5, 0.6) is 5.75 Å². The maximum absolute atomic E-state index is 13.4. The van der Waals surface area contributed by atoms with E-state index in [1.807, 2.05) is 6.92 Å². The summed E-state index contributed by atoms with van der Waals surface area (Å²) in [5.41, 5.74) is 0.808. The average molecular weight is 394 g/mol. The summed E-state index contributed by atoms with van der Waals surface area (Å²) in [6.45, 7) is 2.19. The van der Waals surface area contributed by atoms with Gasteiger partial charge in [-0.3, -0.25) is 0 Å². The van der Waals surface area contributed by atoms with Crippen LogP contribution in [0.3, 0.4) is 0 Å². The van der Waals surface area contributed by atoms with Gasteiger partial charge in [0, 0.05) is 13.3 Å². The quantitative estimate of drug-likeness (QED) is 0.733. The van der Waals surface area contributed by atoms with Crippen molar-refractivity contribution in [3.8, 4) is 5.75 Å². The first-order valence-electron chi connectivity index (χ1n) is 8.38. The van der Waals surface area contributed by atoms with Gasteiger partial charge in [0.2, 0.25) is 0 Å². The van der Waals surface area contributed by atoms with Crippen molar-refractivity contribution in [1.29, 1.82) is 0 Å². The maximum Gasteiger partial charge on any atom is 0.317 e. The molecule has 0 saturated carbocycles. The fraction of sp³-hybridized carbons (Fsp3) is 0.316. The molecule has 1 atom stereocenters.